The van der Waals surface area contributed by atoms with E-state index < -0.39 is 0 Å². The minimum atomic E-state index is 0.150. The Morgan fingerprint density at radius 3 is 0.960 bits per heavy atom. The van der Waals surface area contributed by atoms with Crippen LogP contribution in [0.1, 0.15) is 247 Å². The monoisotopic (exact) mass is 713 g/mol. The highest BCUT2D eigenvalue weighted by atomic mass is 16.5. The molecule has 0 aliphatic carbocycles. The standard InChI is InChI=1S/2C18H36O2.C8H16O2/c1-3-5-7-9-10-12-14-16-18(20-17-19)15-13-11-8-6-4-2;1-2-3-4-5-6-7-8-9-10-11-12-13-14-15-16-17-20-18-19;1-3-5-6-8(4-2)10-7-9/h17-18H,3-16H2,1-2H3;18H,2-17H2,1H3;7-8H,3-6H2,1-2H3. The quantitative estimate of drug-likeness (QED) is 0.0359. The van der Waals surface area contributed by atoms with Crippen LogP contribution in [0.3, 0.4) is 0 Å². The summed E-state index contributed by atoms with van der Waals surface area (Å²) in [6, 6.07) is 0. The molecule has 0 saturated heterocycles. The van der Waals surface area contributed by atoms with E-state index in [1.165, 1.54) is 173 Å². The number of carbonyl (C=O) groups is 3. The SMILES string of the molecule is CCCCC(CC)OC=O.CCCCCCCCCC(CCCCCCC)OC=O.CCCCCCCCCCCCCCCCCOC=O. The molecule has 300 valence electrons. The Bertz CT molecular complexity index is 613. The molecule has 0 radical (unpaired) electrons. The van der Waals surface area contributed by atoms with E-state index in [4.69, 9.17) is 9.47 Å². The zero-order valence-corrected chi connectivity index (χ0v) is 34.4. The number of carbonyl (C=O) groups excluding carboxylic acids is 3. The fourth-order valence-electron chi connectivity index (χ4n) is 6.15. The maximum atomic E-state index is 10.5. The maximum absolute atomic E-state index is 10.5. The molecule has 50 heavy (non-hydrogen) atoms. The number of hydrogen-bond donors (Lipinski definition) is 0. The molecule has 0 amide bonds. The van der Waals surface area contributed by atoms with E-state index >= 15 is 0 Å². The summed E-state index contributed by atoms with van der Waals surface area (Å²) in [5.41, 5.74) is 0. The molecule has 0 aliphatic rings. The van der Waals surface area contributed by atoms with Crippen LogP contribution in [0.25, 0.3) is 0 Å². The fourth-order valence-corrected chi connectivity index (χ4v) is 6.15. The van der Waals surface area contributed by atoms with E-state index in [0.29, 0.717) is 26.0 Å². The molecule has 2 atom stereocenters. The zero-order chi connectivity index (χ0) is 37.4. The average molecular weight is 713 g/mol. The van der Waals surface area contributed by atoms with Crippen molar-refractivity contribution < 1.29 is 28.6 Å². The van der Waals surface area contributed by atoms with Gasteiger partial charge in [0.25, 0.3) is 19.4 Å². The van der Waals surface area contributed by atoms with Gasteiger partial charge in [0.15, 0.2) is 0 Å². The Hall–Kier alpha value is -1.59. The first-order chi connectivity index (χ1) is 24.6. The van der Waals surface area contributed by atoms with Crippen molar-refractivity contribution in [3.63, 3.8) is 0 Å². The first-order valence-electron chi connectivity index (χ1n) is 21.8. The lowest BCUT2D eigenvalue weighted by Crippen LogP contribution is -2.12. The molecule has 0 aromatic rings. The number of hydrogen-bond acceptors (Lipinski definition) is 6. The summed E-state index contributed by atoms with van der Waals surface area (Å²) in [6.07, 6.45) is 42.8. The van der Waals surface area contributed by atoms with Crippen LogP contribution < -0.4 is 0 Å². The third-order valence-electron chi connectivity index (χ3n) is 9.52. The van der Waals surface area contributed by atoms with Crippen LogP contribution in [0.4, 0.5) is 0 Å². The van der Waals surface area contributed by atoms with Crippen LogP contribution in [-0.2, 0) is 28.6 Å². The molecule has 0 rings (SSSR count). The van der Waals surface area contributed by atoms with Crippen LogP contribution in [0, 0.1) is 0 Å². The second-order valence-corrected chi connectivity index (χ2v) is 14.3. The normalized spacial score (nSPS) is 11.7. The molecule has 0 saturated carbocycles. The Balaban J connectivity index is -0.000000701. The summed E-state index contributed by atoms with van der Waals surface area (Å²) in [4.78, 5) is 30.4. The van der Waals surface area contributed by atoms with Gasteiger partial charge in [0.05, 0.1) is 6.61 Å². The van der Waals surface area contributed by atoms with Gasteiger partial charge in [-0.15, -0.1) is 0 Å². The highest BCUT2D eigenvalue weighted by molar-refractivity contribution is 5.37. The van der Waals surface area contributed by atoms with Gasteiger partial charge in [-0.25, -0.2) is 0 Å². The predicted octanol–water partition coefficient (Wildman–Crippen LogP) is 14.2. The lowest BCUT2D eigenvalue weighted by atomic mass is 10.0. The van der Waals surface area contributed by atoms with Crippen LogP contribution in [0.15, 0.2) is 0 Å². The Morgan fingerprint density at radius 2 is 0.640 bits per heavy atom. The molecular weight excluding hydrogens is 624 g/mol. The van der Waals surface area contributed by atoms with Gasteiger partial charge in [-0.05, 0) is 44.9 Å². The Morgan fingerprint density at radius 1 is 0.340 bits per heavy atom. The van der Waals surface area contributed by atoms with E-state index in [1.54, 1.807) is 0 Å². The Labute approximate surface area is 312 Å². The van der Waals surface area contributed by atoms with E-state index in [-0.39, 0.29) is 12.2 Å². The minimum absolute atomic E-state index is 0.150. The van der Waals surface area contributed by atoms with E-state index in [2.05, 4.69) is 32.4 Å². The second kappa shape index (κ2) is 51.8. The lowest BCUT2D eigenvalue weighted by molar-refractivity contribution is -0.135. The summed E-state index contributed by atoms with van der Waals surface area (Å²) in [7, 11) is 0. The number of ether oxygens (including phenoxy) is 3. The largest absolute Gasteiger partial charge is 0.468 e. The second-order valence-electron chi connectivity index (χ2n) is 14.3. The highest BCUT2D eigenvalue weighted by Gasteiger charge is 2.08. The van der Waals surface area contributed by atoms with Gasteiger partial charge in [0.2, 0.25) is 0 Å². The van der Waals surface area contributed by atoms with Crippen LogP contribution in [0.2, 0.25) is 0 Å². The molecular formula is C44H88O6. The van der Waals surface area contributed by atoms with Crippen LogP contribution in [0.5, 0.6) is 0 Å². The first kappa shape index (κ1) is 52.8. The molecule has 0 aromatic carbocycles. The van der Waals surface area contributed by atoms with Crippen molar-refractivity contribution in [1.82, 2.24) is 0 Å². The Kier molecular flexibility index (Phi) is 54.6. The van der Waals surface area contributed by atoms with Gasteiger partial charge >= 0.3 is 0 Å². The maximum Gasteiger partial charge on any atom is 0.293 e. The summed E-state index contributed by atoms with van der Waals surface area (Å²) in [5.74, 6) is 0. The van der Waals surface area contributed by atoms with Gasteiger partial charge in [0.1, 0.15) is 12.2 Å². The molecule has 6 heteroatoms. The number of rotatable bonds is 39. The van der Waals surface area contributed by atoms with Crippen LogP contribution >= 0.6 is 0 Å². The van der Waals surface area contributed by atoms with Crippen molar-refractivity contribution in [2.24, 2.45) is 0 Å². The van der Waals surface area contributed by atoms with E-state index in [0.717, 1.165) is 38.5 Å². The summed E-state index contributed by atoms with van der Waals surface area (Å²) >= 11 is 0. The van der Waals surface area contributed by atoms with Crippen molar-refractivity contribution >= 4 is 19.4 Å². The van der Waals surface area contributed by atoms with E-state index in [9.17, 15) is 14.4 Å². The number of unbranched alkanes of at least 4 members (excludes halogenated alkanes) is 25. The topological polar surface area (TPSA) is 78.9 Å². The van der Waals surface area contributed by atoms with Crippen molar-refractivity contribution in [2.45, 2.75) is 259 Å². The van der Waals surface area contributed by atoms with Crippen molar-refractivity contribution in [2.75, 3.05) is 6.61 Å². The molecule has 6 nitrogen and oxygen atoms in total. The van der Waals surface area contributed by atoms with Crippen LogP contribution in [-0.4, -0.2) is 38.2 Å². The van der Waals surface area contributed by atoms with Gasteiger partial charge in [0, 0.05) is 0 Å². The zero-order valence-electron chi connectivity index (χ0n) is 34.4. The fraction of sp³-hybridized carbons (Fsp3) is 0.932. The first-order valence-corrected chi connectivity index (χ1v) is 21.8. The lowest BCUT2D eigenvalue weighted by Gasteiger charge is -2.14. The molecule has 0 N–H and O–H groups in total. The molecule has 0 aromatic heterocycles. The van der Waals surface area contributed by atoms with E-state index in [1.807, 2.05) is 6.92 Å². The summed E-state index contributed by atoms with van der Waals surface area (Å²) < 4.78 is 14.7. The summed E-state index contributed by atoms with van der Waals surface area (Å²) in [5, 5.41) is 0. The third kappa shape index (κ3) is 50.8. The molecule has 0 heterocycles. The smallest absolute Gasteiger partial charge is 0.293 e. The predicted molar refractivity (Wildman–Crippen MR) is 215 cm³/mol. The molecule has 0 aliphatic heterocycles. The average Bonchev–Trinajstić information content (AvgIpc) is 3.13. The molecule has 0 fully saturated rings. The molecule has 0 bridgehead atoms. The third-order valence-corrected chi connectivity index (χ3v) is 9.52. The highest BCUT2D eigenvalue weighted by Crippen LogP contribution is 2.16. The van der Waals surface area contributed by atoms with Gasteiger partial charge in [-0.3, -0.25) is 14.4 Å². The van der Waals surface area contributed by atoms with Crippen molar-refractivity contribution in [1.29, 1.82) is 0 Å². The molecule has 2 unspecified atom stereocenters. The molecule has 0 spiro atoms. The van der Waals surface area contributed by atoms with Gasteiger partial charge < -0.3 is 14.2 Å². The van der Waals surface area contributed by atoms with Gasteiger partial charge in [-0.1, -0.05) is 202 Å². The van der Waals surface area contributed by atoms with Gasteiger partial charge in [-0.2, -0.15) is 0 Å². The van der Waals surface area contributed by atoms with Crippen molar-refractivity contribution in [3.05, 3.63) is 0 Å². The van der Waals surface area contributed by atoms with Crippen molar-refractivity contribution in [3.8, 4) is 0 Å². The summed E-state index contributed by atoms with van der Waals surface area (Å²) in [6.45, 7) is 13.3. The minimum Gasteiger partial charge on any atom is -0.468 e.